The van der Waals surface area contributed by atoms with Crippen molar-refractivity contribution in [1.82, 2.24) is 10.6 Å². The molecule has 0 aliphatic rings. The van der Waals surface area contributed by atoms with E-state index in [-0.39, 0.29) is 23.9 Å². The van der Waals surface area contributed by atoms with Crippen molar-refractivity contribution in [3.8, 4) is 0 Å². The summed E-state index contributed by atoms with van der Waals surface area (Å²) in [6.45, 7) is 2.94. The van der Waals surface area contributed by atoms with Gasteiger partial charge in [0, 0.05) is 22.8 Å². The summed E-state index contributed by atoms with van der Waals surface area (Å²) in [6.07, 6.45) is 0. The molecule has 2 aromatic rings. The maximum atomic E-state index is 11.7. The number of benzene rings is 2. The highest BCUT2D eigenvalue weighted by molar-refractivity contribution is 9.10. The second kappa shape index (κ2) is 8.44. The van der Waals surface area contributed by atoms with Gasteiger partial charge in [0.15, 0.2) is 0 Å². The standard InChI is InChI=1S/C18H18Br2N2O2/c1-11(23)21-17(13-3-7-15(19)8-4-13)18(22-12(2)24)14-5-9-16(20)10-6-14/h3-10,17-18H,1-2H3,(H,21,23)(H,22,24)/t17-,18-/m1/s1. The van der Waals surface area contributed by atoms with Gasteiger partial charge in [-0.15, -0.1) is 0 Å². The van der Waals surface area contributed by atoms with Gasteiger partial charge >= 0.3 is 0 Å². The first kappa shape index (κ1) is 18.7. The molecule has 0 spiro atoms. The van der Waals surface area contributed by atoms with Gasteiger partial charge in [-0.25, -0.2) is 0 Å². The van der Waals surface area contributed by atoms with Gasteiger partial charge in [-0.05, 0) is 35.4 Å². The normalized spacial score (nSPS) is 13.0. The van der Waals surface area contributed by atoms with Gasteiger partial charge in [-0.1, -0.05) is 56.1 Å². The maximum Gasteiger partial charge on any atom is 0.217 e. The molecule has 2 rings (SSSR count). The summed E-state index contributed by atoms with van der Waals surface area (Å²) in [4.78, 5) is 23.5. The van der Waals surface area contributed by atoms with E-state index in [1.807, 2.05) is 48.5 Å². The Morgan fingerprint density at radius 1 is 0.708 bits per heavy atom. The van der Waals surface area contributed by atoms with E-state index in [0.29, 0.717) is 0 Å². The number of carbonyl (C=O) groups excluding carboxylic acids is 2. The van der Waals surface area contributed by atoms with Crippen molar-refractivity contribution in [2.45, 2.75) is 25.9 Å². The Hall–Kier alpha value is -1.66. The van der Waals surface area contributed by atoms with Gasteiger partial charge in [0.05, 0.1) is 12.1 Å². The molecule has 4 nitrogen and oxygen atoms in total. The smallest absolute Gasteiger partial charge is 0.217 e. The molecular weight excluding hydrogens is 436 g/mol. The van der Waals surface area contributed by atoms with E-state index in [1.54, 1.807) is 0 Å². The number of halogens is 2. The van der Waals surface area contributed by atoms with E-state index in [4.69, 9.17) is 0 Å². The Bertz CT molecular complexity index is 651. The molecule has 0 aliphatic carbocycles. The van der Waals surface area contributed by atoms with Crippen LogP contribution in [0.5, 0.6) is 0 Å². The predicted molar refractivity (Wildman–Crippen MR) is 101 cm³/mol. The first-order chi connectivity index (χ1) is 11.4. The molecule has 0 saturated carbocycles. The Balaban J connectivity index is 2.46. The molecule has 0 aromatic heterocycles. The first-order valence-electron chi connectivity index (χ1n) is 7.42. The summed E-state index contributed by atoms with van der Waals surface area (Å²) in [5, 5.41) is 5.91. The molecule has 0 fully saturated rings. The third-order valence-corrected chi connectivity index (χ3v) is 4.57. The lowest BCUT2D eigenvalue weighted by Gasteiger charge is -2.29. The zero-order chi connectivity index (χ0) is 17.7. The summed E-state index contributed by atoms with van der Waals surface area (Å²) in [7, 11) is 0. The highest BCUT2D eigenvalue weighted by atomic mass is 79.9. The van der Waals surface area contributed by atoms with Crippen LogP contribution in [-0.2, 0) is 9.59 Å². The minimum absolute atomic E-state index is 0.157. The fraction of sp³-hybridized carbons (Fsp3) is 0.222. The van der Waals surface area contributed by atoms with Crippen LogP contribution in [0.2, 0.25) is 0 Å². The molecule has 2 amide bonds. The first-order valence-corrected chi connectivity index (χ1v) is 9.00. The molecule has 0 unspecified atom stereocenters. The van der Waals surface area contributed by atoms with Crippen molar-refractivity contribution < 1.29 is 9.59 Å². The Labute approximate surface area is 158 Å². The van der Waals surface area contributed by atoms with E-state index in [2.05, 4.69) is 42.5 Å². The van der Waals surface area contributed by atoms with Crippen molar-refractivity contribution in [1.29, 1.82) is 0 Å². The van der Waals surface area contributed by atoms with Crippen molar-refractivity contribution in [2.75, 3.05) is 0 Å². The highest BCUT2D eigenvalue weighted by Gasteiger charge is 2.26. The van der Waals surface area contributed by atoms with Crippen molar-refractivity contribution >= 4 is 43.7 Å². The van der Waals surface area contributed by atoms with Gasteiger partial charge in [0.2, 0.25) is 11.8 Å². The molecule has 0 bridgehead atoms. The number of nitrogens with one attached hydrogen (secondary N) is 2. The Morgan fingerprint density at radius 2 is 1.00 bits per heavy atom. The molecule has 0 aliphatic heterocycles. The van der Waals surface area contributed by atoms with Crippen LogP contribution >= 0.6 is 31.9 Å². The average molecular weight is 454 g/mol. The second-order valence-corrected chi connectivity index (χ2v) is 7.29. The zero-order valence-corrected chi connectivity index (χ0v) is 16.5. The lowest BCUT2D eigenvalue weighted by molar-refractivity contribution is -0.122. The van der Waals surface area contributed by atoms with E-state index in [9.17, 15) is 9.59 Å². The predicted octanol–water partition coefficient (Wildman–Crippen LogP) is 4.27. The lowest BCUT2D eigenvalue weighted by atomic mass is 9.93. The SMILES string of the molecule is CC(=O)N[C@H](c1ccc(Br)cc1)[C@H](NC(C)=O)c1ccc(Br)cc1. The van der Waals surface area contributed by atoms with Crippen LogP contribution in [0, 0.1) is 0 Å². The second-order valence-electron chi connectivity index (χ2n) is 5.46. The van der Waals surface area contributed by atoms with Crippen LogP contribution in [0.25, 0.3) is 0 Å². The molecule has 126 valence electrons. The van der Waals surface area contributed by atoms with Crippen LogP contribution in [0.3, 0.4) is 0 Å². The van der Waals surface area contributed by atoms with Crippen LogP contribution < -0.4 is 10.6 Å². The third-order valence-electron chi connectivity index (χ3n) is 3.51. The van der Waals surface area contributed by atoms with Crippen LogP contribution in [-0.4, -0.2) is 11.8 Å². The van der Waals surface area contributed by atoms with E-state index in [1.165, 1.54) is 13.8 Å². The number of amides is 2. The summed E-state index contributed by atoms with van der Waals surface area (Å²) < 4.78 is 1.90. The van der Waals surface area contributed by atoms with Crippen LogP contribution in [0.15, 0.2) is 57.5 Å². The minimum Gasteiger partial charge on any atom is -0.347 e. The molecule has 0 radical (unpaired) electrons. The highest BCUT2D eigenvalue weighted by Crippen LogP contribution is 2.30. The Morgan fingerprint density at radius 3 is 1.25 bits per heavy atom. The lowest BCUT2D eigenvalue weighted by Crippen LogP contribution is -2.39. The minimum atomic E-state index is -0.374. The van der Waals surface area contributed by atoms with E-state index in [0.717, 1.165) is 20.1 Å². The third kappa shape index (κ3) is 5.18. The molecule has 2 atom stereocenters. The zero-order valence-electron chi connectivity index (χ0n) is 13.3. The van der Waals surface area contributed by atoms with Gasteiger partial charge < -0.3 is 10.6 Å². The van der Waals surface area contributed by atoms with Crippen molar-refractivity contribution in [3.63, 3.8) is 0 Å². The van der Waals surface area contributed by atoms with Gasteiger partial charge in [-0.3, -0.25) is 9.59 Å². The molecule has 6 heteroatoms. The fourth-order valence-electron chi connectivity index (χ4n) is 2.50. The molecule has 2 aromatic carbocycles. The average Bonchev–Trinajstić information content (AvgIpc) is 2.52. The van der Waals surface area contributed by atoms with Gasteiger partial charge in [-0.2, -0.15) is 0 Å². The molecule has 0 saturated heterocycles. The van der Waals surface area contributed by atoms with Crippen molar-refractivity contribution in [3.05, 3.63) is 68.6 Å². The van der Waals surface area contributed by atoms with Crippen molar-refractivity contribution in [2.24, 2.45) is 0 Å². The summed E-state index contributed by atoms with van der Waals surface area (Å²) in [5.74, 6) is -0.314. The Kier molecular flexibility index (Phi) is 6.57. The molecule has 24 heavy (non-hydrogen) atoms. The van der Waals surface area contributed by atoms with E-state index < -0.39 is 0 Å². The van der Waals surface area contributed by atoms with Gasteiger partial charge in [0.25, 0.3) is 0 Å². The summed E-state index contributed by atoms with van der Waals surface area (Å²) in [5.41, 5.74) is 1.82. The topological polar surface area (TPSA) is 58.2 Å². The van der Waals surface area contributed by atoms with E-state index >= 15 is 0 Å². The van der Waals surface area contributed by atoms with Crippen LogP contribution in [0.1, 0.15) is 37.1 Å². The largest absolute Gasteiger partial charge is 0.347 e. The number of carbonyl (C=O) groups is 2. The number of rotatable bonds is 5. The molecule has 0 heterocycles. The maximum absolute atomic E-state index is 11.7. The van der Waals surface area contributed by atoms with Gasteiger partial charge in [0.1, 0.15) is 0 Å². The molecular formula is C18H18Br2N2O2. The monoisotopic (exact) mass is 452 g/mol. The summed E-state index contributed by atoms with van der Waals surface area (Å²) in [6, 6.07) is 14.6. The number of hydrogen-bond acceptors (Lipinski definition) is 2. The number of hydrogen-bond donors (Lipinski definition) is 2. The summed E-state index contributed by atoms with van der Waals surface area (Å²) >= 11 is 6.83. The quantitative estimate of drug-likeness (QED) is 0.710. The fourth-order valence-corrected chi connectivity index (χ4v) is 3.03. The van der Waals surface area contributed by atoms with Crippen LogP contribution in [0.4, 0.5) is 0 Å². The molecule has 2 N–H and O–H groups in total.